The van der Waals surface area contributed by atoms with Crippen molar-refractivity contribution in [3.63, 3.8) is 0 Å². The van der Waals surface area contributed by atoms with Gasteiger partial charge in [0, 0.05) is 37.1 Å². The summed E-state index contributed by atoms with van der Waals surface area (Å²) in [6.07, 6.45) is 0.394. The Morgan fingerprint density at radius 1 is 1.27 bits per heavy atom. The van der Waals surface area contributed by atoms with Crippen molar-refractivity contribution >= 4 is 44.0 Å². The van der Waals surface area contributed by atoms with Gasteiger partial charge in [0.1, 0.15) is 0 Å². The molecule has 0 aromatic heterocycles. The Morgan fingerprint density at radius 3 is 2.50 bits per heavy atom. The van der Waals surface area contributed by atoms with Crippen molar-refractivity contribution in [3.8, 4) is 0 Å². The number of anilines is 2. The Balaban J connectivity index is 1.94. The molecule has 0 aliphatic carbocycles. The predicted octanol–water partition coefficient (Wildman–Crippen LogP) is 2.40. The first-order chi connectivity index (χ1) is 12.2. The first-order valence-electron chi connectivity index (χ1n) is 8.71. The molecule has 6 nitrogen and oxygen atoms in total. The minimum Gasteiger partial charge on any atom is -0.378 e. The number of hydrogen-bond acceptors (Lipinski definition) is 5. The molecule has 2 atom stereocenters. The van der Waals surface area contributed by atoms with E-state index in [-0.39, 0.29) is 34.6 Å². The van der Waals surface area contributed by atoms with Crippen LogP contribution in [0.5, 0.6) is 0 Å². The highest BCUT2D eigenvalue weighted by atomic mass is 32.2. The normalized spacial score (nSPS) is 25.7. The quantitative estimate of drug-likeness (QED) is 0.780. The second-order valence-electron chi connectivity index (χ2n) is 7.47. The van der Waals surface area contributed by atoms with Gasteiger partial charge in [0.25, 0.3) is 0 Å². The number of fused-ring (bicyclic) bond motifs is 1. The molecule has 0 bridgehead atoms. The van der Waals surface area contributed by atoms with Crippen LogP contribution in [0.3, 0.4) is 0 Å². The number of amides is 1. The molecule has 1 aromatic carbocycles. The van der Waals surface area contributed by atoms with Crippen molar-refractivity contribution in [2.45, 2.75) is 31.6 Å². The summed E-state index contributed by atoms with van der Waals surface area (Å²) in [5, 5.41) is 0.553. The molecule has 0 saturated carbocycles. The van der Waals surface area contributed by atoms with Crippen LogP contribution in [-0.2, 0) is 14.6 Å². The van der Waals surface area contributed by atoms with Gasteiger partial charge in [-0.1, -0.05) is 25.6 Å². The summed E-state index contributed by atoms with van der Waals surface area (Å²) in [5.41, 5.74) is 1.94. The Labute approximate surface area is 159 Å². The highest BCUT2D eigenvalue weighted by molar-refractivity contribution is 8.16. The standard InChI is InChI=1S/C18H25N3O3S2/c1-12(2)9-17(22)19-18-21(14-7-5-13(6-8-14)20(3)4)15-10-26(23,24)11-16(15)25-18/h5-8,12,15-16H,9-11H2,1-4H3. The van der Waals surface area contributed by atoms with E-state index in [2.05, 4.69) is 4.99 Å². The SMILES string of the molecule is CC(C)CC(=O)N=C1SC2CS(=O)(=O)CC2N1c1ccc(N(C)C)cc1. The number of benzene rings is 1. The van der Waals surface area contributed by atoms with E-state index < -0.39 is 9.84 Å². The smallest absolute Gasteiger partial charge is 0.248 e. The number of aliphatic imine (C=N–C) groups is 1. The third-order valence-corrected chi connectivity index (χ3v) is 7.72. The van der Waals surface area contributed by atoms with E-state index in [1.54, 1.807) is 0 Å². The summed E-state index contributed by atoms with van der Waals surface area (Å²) < 4.78 is 24.2. The van der Waals surface area contributed by atoms with Gasteiger partial charge in [-0.3, -0.25) is 4.79 Å². The number of thioether (sulfide) groups is 1. The maximum atomic E-state index is 12.2. The predicted molar refractivity (Wildman–Crippen MR) is 109 cm³/mol. The van der Waals surface area contributed by atoms with Crippen LogP contribution < -0.4 is 9.80 Å². The van der Waals surface area contributed by atoms with E-state index >= 15 is 0 Å². The molecule has 0 spiro atoms. The number of sulfone groups is 1. The number of carbonyl (C=O) groups excluding carboxylic acids is 1. The lowest BCUT2D eigenvalue weighted by Crippen LogP contribution is -2.37. The molecule has 1 aromatic rings. The van der Waals surface area contributed by atoms with E-state index in [0.29, 0.717) is 11.6 Å². The minimum atomic E-state index is -3.05. The molecule has 2 aliphatic rings. The van der Waals surface area contributed by atoms with Crippen molar-refractivity contribution in [2.75, 3.05) is 35.4 Å². The fourth-order valence-corrected chi connectivity index (χ4v) is 7.21. The molecule has 2 aliphatic heterocycles. The maximum absolute atomic E-state index is 12.2. The first-order valence-corrected chi connectivity index (χ1v) is 11.4. The molecule has 2 unspecified atom stereocenters. The van der Waals surface area contributed by atoms with Gasteiger partial charge in [-0.05, 0) is 30.2 Å². The van der Waals surface area contributed by atoms with Gasteiger partial charge >= 0.3 is 0 Å². The van der Waals surface area contributed by atoms with Crippen LogP contribution in [0, 0.1) is 5.92 Å². The number of carbonyl (C=O) groups is 1. The summed E-state index contributed by atoms with van der Waals surface area (Å²) in [4.78, 5) is 20.5. The average Bonchev–Trinajstić information content (AvgIpc) is 2.97. The molecule has 0 N–H and O–H groups in total. The van der Waals surface area contributed by atoms with Gasteiger partial charge in [-0.25, -0.2) is 8.42 Å². The molecule has 2 heterocycles. The molecule has 142 valence electrons. The second kappa shape index (κ2) is 7.23. The molecular formula is C18H25N3O3S2. The van der Waals surface area contributed by atoms with Gasteiger partial charge in [0.2, 0.25) is 5.91 Å². The topological polar surface area (TPSA) is 70.0 Å². The van der Waals surface area contributed by atoms with Crippen LogP contribution in [-0.4, -0.2) is 56.4 Å². The summed E-state index contributed by atoms with van der Waals surface area (Å²) in [6, 6.07) is 7.74. The molecule has 8 heteroatoms. The average molecular weight is 396 g/mol. The Bertz CT molecular complexity index is 817. The van der Waals surface area contributed by atoms with Crippen molar-refractivity contribution < 1.29 is 13.2 Å². The lowest BCUT2D eigenvalue weighted by molar-refractivity contribution is -0.118. The second-order valence-corrected chi connectivity index (χ2v) is 10.8. The molecule has 0 radical (unpaired) electrons. The molecular weight excluding hydrogens is 370 g/mol. The van der Waals surface area contributed by atoms with E-state index in [1.165, 1.54) is 11.8 Å². The molecule has 3 rings (SSSR count). The molecule has 2 fully saturated rings. The van der Waals surface area contributed by atoms with Crippen molar-refractivity contribution in [1.82, 2.24) is 0 Å². The fourth-order valence-electron chi connectivity index (χ4n) is 3.28. The first kappa shape index (κ1) is 19.2. The summed E-state index contributed by atoms with van der Waals surface area (Å²) in [7, 11) is 0.890. The van der Waals surface area contributed by atoms with Gasteiger partial charge in [-0.2, -0.15) is 4.99 Å². The van der Waals surface area contributed by atoms with Crippen LogP contribution in [0.4, 0.5) is 11.4 Å². The number of hydrogen-bond donors (Lipinski definition) is 0. The van der Waals surface area contributed by atoms with Crippen molar-refractivity contribution in [1.29, 1.82) is 0 Å². The summed E-state index contributed by atoms with van der Waals surface area (Å²) in [6.45, 7) is 3.97. The lowest BCUT2D eigenvalue weighted by atomic mass is 10.1. The van der Waals surface area contributed by atoms with Crippen molar-refractivity contribution in [3.05, 3.63) is 24.3 Å². The van der Waals surface area contributed by atoms with Gasteiger partial charge < -0.3 is 9.80 Å². The zero-order chi connectivity index (χ0) is 19.1. The zero-order valence-electron chi connectivity index (χ0n) is 15.5. The Morgan fingerprint density at radius 2 is 1.92 bits per heavy atom. The van der Waals surface area contributed by atoms with Crippen molar-refractivity contribution in [2.24, 2.45) is 10.9 Å². The van der Waals surface area contributed by atoms with Gasteiger partial charge in [0.05, 0.1) is 17.5 Å². The summed E-state index contributed by atoms with van der Waals surface area (Å²) in [5.74, 6) is 0.343. The van der Waals surface area contributed by atoms with E-state index in [9.17, 15) is 13.2 Å². The highest BCUT2D eigenvalue weighted by Gasteiger charge is 2.49. The molecule has 26 heavy (non-hydrogen) atoms. The lowest BCUT2D eigenvalue weighted by Gasteiger charge is -2.25. The fraction of sp³-hybridized carbons (Fsp3) is 0.556. The minimum absolute atomic E-state index is 0.0703. The monoisotopic (exact) mass is 395 g/mol. The number of nitrogens with zero attached hydrogens (tertiary/aromatic N) is 3. The van der Waals surface area contributed by atoms with Crippen LogP contribution in [0.2, 0.25) is 0 Å². The molecule has 2 saturated heterocycles. The largest absolute Gasteiger partial charge is 0.378 e. The number of rotatable bonds is 4. The van der Waals surface area contributed by atoms with E-state index in [4.69, 9.17) is 0 Å². The van der Waals surface area contributed by atoms with E-state index in [0.717, 1.165) is 11.4 Å². The number of amidine groups is 1. The van der Waals surface area contributed by atoms with Crippen LogP contribution >= 0.6 is 11.8 Å². The highest BCUT2D eigenvalue weighted by Crippen LogP contribution is 2.41. The zero-order valence-corrected chi connectivity index (χ0v) is 17.2. The van der Waals surface area contributed by atoms with Crippen LogP contribution in [0.1, 0.15) is 20.3 Å². The Hall–Kier alpha value is -1.54. The van der Waals surface area contributed by atoms with Crippen LogP contribution in [0.15, 0.2) is 29.3 Å². The van der Waals surface area contributed by atoms with Gasteiger partial charge in [-0.15, -0.1) is 0 Å². The molecule has 1 amide bonds. The summed E-state index contributed by atoms with van der Waals surface area (Å²) >= 11 is 1.42. The van der Waals surface area contributed by atoms with Crippen LogP contribution in [0.25, 0.3) is 0 Å². The third-order valence-electron chi connectivity index (χ3n) is 4.51. The van der Waals surface area contributed by atoms with E-state index in [1.807, 2.05) is 62.0 Å². The Kier molecular flexibility index (Phi) is 5.35. The van der Waals surface area contributed by atoms with Gasteiger partial charge in [0.15, 0.2) is 15.0 Å². The third kappa shape index (κ3) is 4.06. The maximum Gasteiger partial charge on any atom is 0.248 e.